The van der Waals surface area contributed by atoms with Gasteiger partial charge in [-0.05, 0) is 43.9 Å². The SMILES string of the molecule is CCC(C)C(=O)OC(C=C1C=C(C)C2=NCCC3OC123)C(C)OC(C)=O. The molecule has 1 saturated heterocycles. The minimum atomic E-state index is -0.667. The predicted molar refractivity (Wildman–Crippen MR) is 96.9 cm³/mol. The quantitative estimate of drug-likeness (QED) is 0.537. The first-order valence-electron chi connectivity index (χ1n) is 9.31. The van der Waals surface area contributed by atoms with Crippen molar-refractivity contribution in [3.8, 4) is 0 Å². The molecule has 6 heteroatoms. The Morgan fingerprint density at radius 1 is 1.42 bits per heavy atom. The normalized spacial score (nSPS) is 31.1. The van der Waals surface area contributed by atoms with Crippen LogP contribution in [-0.2, 0) is 23.8 Å². The van der Waals surface area contributed by atoms with E-state index in [0.29, 0.717) is 6.42 Å². The lowest BCUT2D eigenvalue weighted by Gasteiger charge is -2.24. The summed E-state index contributed by atoms with van der Waals surface area (Å²) in [6.45, 7) is 9.63. The molecular weight excluding hydrogens is 334 g/mol. The largest absolute Gasteiger partial charge is 0.459 e. The Balaban J connectivity index is 1.88. The first kappa shape index (κ1) is 18.8. The highest BCUT2D eigenvalue weighted by molar-refractivity contribution is 6.15. The predicted octanol–water partition coefficient (Wildman–Crippen LogP) is 2.76. The fourth-order valence-electron chi connectivity index (χ4n) is 3.65. The summed E-state index contributed by atoms with van der Waals surface area (Å²) in [6, 6.07) is 0. The summed E-state index contributed by atoms with van der Waals surface area (Å²) in [4.78, 5) is 28.3. The summed E-state index contributed by atoms with van der Waals surface area (Å²) in [6.07, 6.45) is 4.36. The van der Waals surface area contributed by atoms with Crippen LogP contribution in [0.4, 0.5) is 0 Å². The third kappa shape index (κ3) is 3.22. The highest BCUT2D eigenvalue weighted by atomic mass is 16.6. The number of carbonyl (C=O) groups excluding carboxylic acids is 2. The summed E-state index contributed by atoms with van der Waals surface area (Å²) in [5.74, 6) is -0.913. The molecule has 0 radical (unpaired) electrons. The number of hydrogen-bond donors (Lipinski definition) is 0. The molecule has 6 nitrogen and oxygen atoms in total. The number of rotatable bonds is 6. The van der Waals surface area contributed by atoms with Crippen LogP contribution in [0.15, 0.2) is 28.3 Å². The number of ether oxygens (including phenoxy) is 3. The molecule has 1 spiro atoms. The average Bonchev–Trinajstić information content (AvgIpc) is 3.28. The molecule has 3 aliphatic rings. The van der Waals surface area contributed by atoms with E-state index in [9.17, 15) is 9.59 Å². The van der Waals surface area contributed by atoms with Crippen molar-refractivity contribution >= 4 is 17.7 Å². The van der Waals surface area contributed by atoms with E-state index in [-0.39, 0.29) is 18.0 Å². The van der Waals surface area contributed by atoms with Gasteiger partial charge >= 0.3 is 11.9 Å². The van der Waals surface area contributed by atoms with Gasteiger partial charge < -0.3 is 14.2 Å². The molecule has 3 rings (SSSR count). The van der Waals surface area contributed by atoms with Crippen molar-refractivity contribution in [2.75, 3.05) is 6.54 Å². The Hall–Kier alpha value is -1.95. The van der Waals surface area contributed by atoms with Gasteiger partial charge in [-0.3, -0.25) is 14.6 Å². The molecule has 0 bridgehead atoms. The van der Waals surface area contributed by atoms with Crippen molar-refractivity contribution in [2.24, 2.45) is 10.9 Å². The van der Waals surface area contributed by atoms with Crippen LogP contribution in [0.1, 0.15) is 47.5 Å². The highest BCUT2D eigenvalue weighted by Gasteiger charge is 2.65. The molecule has 0 N–H and O–H groups in total. The van der Waals surface area contributed by atoms with Crippen molar-refractivity contribution in [1.29, 1.82) is 0 Å². The highest BCUT2D eigenvalue weighted by Crippen LogP contribution is 2.54. The third-order valence-corrected chi connectivity index (χ3v) is 5.34. The second-order valence-electron chi connectivity index (χ2n) is 7.34. The van der Waals surface area contributed by atoms with Crippen molar-refractivity contribution in [2.45, 2.75) is 71.4 Å². The summed E-state index contributed by atoms with van der Waals surface area (Å²) in [5.41, 5.74) is 2.51. The van der Waals surface area contributed by atoms with Crippen LogP contribution < -0.4 is 0 Å². The summed E-state index contributed by atoms with van der Waals surface area (Å²) in [7, 11) is 0. The first-order valence-corrected chi connectivity index (χ1v) is 9.31. The van der Waals surface area contributed by atoms with Gasteiger partial charge in [0, 0.05) is 13.5 Å². The van der Waals surface area contributed by atoms with Gasteiger partial charge in [-0.25, -0.2) is 0 Å². The number of carbonyl (C=O) groups is 2. The van der Waals surface area contributed by atoms with Gasteiger partial charge in [0.25, 0.3) is 0 Å². The Morgan fingerprint density at radius 2 is 2.15 bits per heavy atom. The topological polar surface area (TPSA) is 77.5 Å². The molecule has 0 saturated carbocycles. The van der Waals surface area contributed by atoms with Gasteiger partial charge in [-0.2, -0.15) is 0 Å². The molecule has 142 valence electrons. The van der Waals surface area contributed by atoms with Crippen molar-refractivity contribution in [3.05, 3.63) is 23.3 Å². The maximum absolute atomic E-state index is 12.3. The van der Waals surface area contributed by atoms with E-state index in [1.54, 1.807) is 6.92 Å². The Labute approximate surface area is 154 Å². The van der Waals surface area contributed by atoms with Crippen molar-refractivity contribution in [3.63, 3.8) is 0 Å². The maximum atomic E-state index is 12.3. The van der Waals surface area contributed by atoms with Crippen LogP contribution in [0.2, 0.25) is 0 Å². The van der Waals surface area contributed by atoms with E-state index >= 15 is 0 Å². The number of aliphatic imine (C=N–C) groups is 1. The van der Waals surface area contributed by atoms with Gasteiger partial charge in [0.15, 0.2) is 11.7 Å². The third-order valence-electron chi connectivity index (χ3n) is 5.34. The second kappa shape index (κ2) is 6.99. The smallest absolute Gasteiger partial charge is 0.309 e. The molecule has 5 unspecified atom stereocenters. The zero-order valence-electron chi connectivity index (χ0n) is 16.1. The average molecular weight is 361 g/mol. The van der Waals surface area contributed by atoms with Crippen LogP contribution >= 0.6 is 0 Å². The molecule has 0 amide bonds. The molecule has 2 heterocycles. The van der Waals surface area contributed by atoms with Gasteiger partial charge in [-0.1, -0.05) is 19.9 Å². The van der Waals surface area contributed by atoms with Crippen LogP contribution in [0.3, 0.4) is 0 Å². The molecule has 26 heavy (non-hydrogen) atoms. The van der Waals surface area contributed by atoms with E-state index in [0.717, 1.165) is 29.8 Å². The molecule has 1 aliphatic carbocycles. The van der Waals surface area contributed by atoms with E-state index in [1.165, 1.54) is 6.92 Å². The number of esters is 2. The van der Waals surface area contributed by atoms with Gasteiger partial charge in [0.1, 0.15) is 12.2 Å². The van der Waals surface area contributed by atoms with Crippen LogP contribution in [0, 0.1) is 5.92 Å². The molecule has 0 aromatic rings. The molecular formula is C20H27NO5. The summed E-state index contributed by atoms with van der Waals surface area (Å²) in [5, 5.41) is 0. The second-order valence-corrected chi connectivity index (χ2v) is 7.34. The molecule has 0 aromatic carbocycles. The van der Waals surface area contributed by atoms with Gasteiger partial charge in [0.05, 0.1) is 11.6 Å². The fraction of sp³-hybridized carbons (Fsp3) is 0.650. The Morgan fingerprint density at radius 3 is 2.81 bits per heavy atom. The Kier molecular flexibility index (Phi) is 5.06. The zero-order valence-corrected chi connectivity index (χ0v) is 16.1. The van der Waals surface area contributed by atoms with E-state index in [2.05, 4.69) is 4.99 Å². The lowest BCUT2D eigenvalue weighted by Crippen LogP contribution is -2.35. The number of hydrogen-bond acceptors (Lipinski definition) is 6. The van der Waals surface area contributed by atoms with E-state index in [4.69, 9.17) is 14.2 Å². The molecule has 5 atom stereocenters. The lowest BCUT2D eigenvalue weighted by atomic mass is 9.90. The van der Waals surface area contributed by atoms with Crippen LogP contribution in [-0.4, -0.2) is 48.1 Å². The molecule has 1 fully saturated rings. The summed E-state index contributed by atoms with van der Waals surface area (Å²) < 4.78 is 17.0. The molecule has 2 aliphatic heterocycles. The lowest BCUT2D eigenvalue weighted by molar-refractivity contribution is -0.164. The number of nitrogens with zero attached hydrogens (tertiary/aromatic N) is 1. The zero-order chi connectivity index (χ0) is 19.1. The van der Waals surface area contributed by atoms with Crippen molar-refractivity contribution < 1.29 is 23.8 Å². The van der Waals surface area contributed by atoms with Crippen LogP contribution in [0.25, 0.3) is 0 Å². The van der Waals surface area contributed by atoms with E-state index in [1.807, 2.05) is 32.9 Å². The Bertz CT molecular complexity index is 707. The first-order chi connectivity index (χ1) is 12.3. The van der Waals surface area contributed by atoms with E-state index < -0.39 is 23.8 Å². The van der Waals surface area contributed by atoms with Gasteiger partial charge in [0.2, 0.25) is 0 Å². The standard InChI is InChI=1S/C20H27NO5/c1-6-11(2)19(23)25-16(13(4)24-14(5)22)10-15-9-12(3)18-20(15)17(26-20)7-8-21-18/h9-11,13,16-17H,6-8H2,1-5H3. The van der Waals surface area contributed by atoms with Gasteiger partial charge in [-0.15, -0.1) is 0 Å². The number of epoxide rings is 1. The monoisotopic (exact) mass is 361 g/mol. The molecule has 0 aromatic heterocycles. The minimum Gasteiger partial charge on any atom is -0.459 e. The summed E-state index contributed by atoms with van der Waals surface area (Å²) >= 11 is 0. The minimum absolute atomic E-state index is 0.130. The maximum Gasteiger partial charge on any atom is 0.309 e. The fourth-order valence-corrected chi connectivity index (χ4v) is 3.65. The van der Waals surface area contributed by atoms with Crippen molar-refractivity contribution in [1.82, 2.24) is 0 Å². The van der Waals surface area contributed by atoms with Crippen LogP contribution in [0.5, 0.6) is 0 Å².